The minimum Gasteiger partial charge on any atom is -0.372 e. The number of hydrogen-bond donors (Lipinski definition) is 1. The van der Waals surface area contributed by atoms with E-state index in [0.29, 0.717) is 37.0 Å². The highest BCUT2D eigenvalue weighted by atomic mass is 16.5. The van der Waals surface area contributed by atoms with Crippen LogP contribution in [0, 0.1) is 6.92 Å². The summed E-state index contributed by atoms with van der Waals surface area (Å²) in [6.45, 7) is 7.66. The number of nitrogens with zero attached hydrogens (tertiary/aromatic N) is 5. The second kappa shape index (κ2) is 8.20. The van der Waals surface area contributed by atoms with Gasteiger partial charge in [0.1, 0.15) is 5.82 Å². The number of para-hydroxylation sites is 1. The maximum atomic E-state index is 12.9. The van der Waals surface area contributed by atoms with E-state index in [1.165, 1.54) is 0 Å². The minimum atomic E-state index is 0.0440. The van der Waals surface area contributed by atoms with Crippen molar-refractivity contribution in [2.75, 3.05) is 18.4 Å². The number of ether oxygens (including phenoxy) is 1. The van der Waals surface area contributed by atoms with Crippen LogP contribution in [-0.2, 0) is 11.3 Å². The minimum absolute atomic E-state index is 0.0440. The number of carbonyl (C=O) groups is 1. The first-order valence-electron chi connectivity index (χ1n) is 10.9. The Morgan fingerprint density at radius 3 is 2.53 bits per heavy atom. The monoisotopic (exact) mass is 430 g/mol. The van der Waals surface area contributed by atoms with Gasteiger partial charge in [-0.15, -0.1) is 5.10 Å². The van der Waals surface area contributed by atoms with Gasteiger partial charge in [-0.25, -0.2) is 9.97 Å². The fourth-order valence-electron chi connectivity index (χ4n) is 4.25. The van der Waals surface area contributed by atoms with Crippen LogP contribution in [-0.4, -0.2) is 55.7 Å². The van der Waals surface area contributed by atoms with Crippen LogP contribution in [0.15, 0.2) is 48.5 Å². The molecule has 2 aromatic carbocycles. The van der Waals surface area contributed by atoms with Crippen molar-refractivity contribution >= 4 is 28.4 Å². The highest BCUT2D eigenvalue weighted by Gasteiger charge is 2.26. The van der Waals surface area contributed by atoms with Crippen LogP contribution in [0.25, 0.3) is 16.6 Å². The second-order valence-corrected chi connectivity index (χ2v) is 8.36. The van der Waals surface area contributed by atoms with Gasteiger partial charge >= 0.3 is 0 Å². The Hall–Kier alpha value is -3.52. The molecule has 4 aromatic rings. The van der Waals surface area contributed by atoms with E-state index in [4.69, 9.17) is 9.72 Å². The summed E-state index contributed by atoms with van der Waals surface area (Å²) in [6.07, 6.45) is 0.107. The Morgan fingerprint density at radius 2 is 1.78 bits per heavy atom. The molecule has 1 amide bonds. The third kappa shape index (κ3) is 3.89. The number of hydrogen-bond acceptors (Lipinski definition) is 6. The molecule has 0 radical (unpaired) electrons. The number of rotatable bonds is 4. The Balaban J connectivity index is 1.33. The molecule has 0 spiro atoms. The number of aromatic nitrogens is 4. The SMILES string of the molecule is Cc1nc2c3ccccc3nc(NCc3ccc(C(=O)N4CC(C)OC(C)C4)cc3)n2n1. The maximum Gasteiger partial charge on any atom is 0.254 e. The van der Waals surface area contributed by atoms with Gasteiger partial charge in [0.15, 0.2) is 5.65 Å². The lowest BCUT2D eigenvalue weighted by molar-refractivity contribution is -0.0586. The van der Waals surface area contributed by atoms with Crippen molar-refractivity contribution in [2.24, 2.45) is 0 Å². The molecule has 5 rings (SSSR count). The van der Waals surface area contributed by atoms with Gasteiger partial charge in [-0.3, -0.25) is 4.79 Å². The number of amides is 1. The molecular formula is C24H26N6O2. The normalized spacial score (nSPS) is 18.9. The molecule has 1 aliphatic rings. The number of nitrogens with one attached hydrogen (secondary N) is 1. The van der Waals surface area contributed by atoms with Crippen LogP contribution in [0.4, 0.5) is 5.95 Å². The predicted octanol–water partition coefficient (Wildman–Crippen LogP) is 3.45. The summed E-state index contributed by atoms with van der Waals surface area (Å²) in [5.74, 6) is 1.37. The van der Waals surface area contributed by atoms with Crippen LogP contribution in [0.5, 0.6) is 0 Å². The third-order valence-electron chi connectivity index (χ3n) is 5.64. The Kier molecular flexibility index (Phi) is 5.22. The zero-order valence-electron chi connectivity index (χ0n) is 18.4. The Bertz CT molecular complexity index is 1270. The zero-order valence-corrected chi connectivity index (χ0v) is 18.4. The quantitative estimate of drug-likeness (QED) is 0.534. The first-order chi connectivity index (χ1) is 15.5. The molecule has 164 valence electrons. The summed E-state index contributed by atoms with van der Waals surface area (Å²) in [5, 5.41) is 8.83. The first-order valence-corrected chi connectivity index (χ1v) is 10.9. The lowest BCUT2D eigenvalue weighted by atomic mass is 10.1. The van der Waals surface area contributed by atoms with Crippen molar-refractivity contribution in [3.8, 4) is 0 Å². The van der Waals surface area contributed by atoms with Crippen molar-refractivity contribution in [1.29, 1.82) is 0 Å². The number of morpholine rings is 1. The summed E-state index contributed by atoms with van der Waals surface area (Å²) in [7, 11) is 0. The van der Waals surface area contributed by atoms with Crippen LogP contribution in [0.3, 0.4) is 0 Å². The van der Waals surface area contributed by atoms with E-state index in [0.717, 1.165) is 22.1 Å². The molecule has 1 N–H and O–H groups in total. The molecule has 2 aromatic heterocycles. The van der Waals surface area contributed by atoms with Crippen molar-refractivity contribution in [3.63, 3.8) is 0 Å². The largest absolute Gasteiger partial charge is 0.372 e. The van der Waals surface area contributed by atoms with Crippen LogP contribution in [0.2, 0.25) is 0 Å². The summed E-state index contributed by atoms with van der Waals surface area (Å²) in [6, 6.07) is 15.6. The van der Waals surface area contributed by atoms with Crippen LogP contribution in [0.1, 0.15) is 35.6 Å². The van der Waals surface area contributed by atoms with E-state index in [2.05, 4.69) is 15.4 Å². The van der Waals surface area contributed by atoms with Gasteiger partial charge in [0.2, 0.25) is 5.95 Å². The lowest BCUT2D eigenvalue weighted by Gasteiger charge is -2.35. The van der Waals surface area contributed by atoms with Gasteiger partial charge < -0.3 is 15.0 Å². The van der Waals surface area contributed by atoms with Crippen molar-refractivity contribution in [2.45, 2.75) is 39.5 Å². The molecule has 3 heterocycles. The van der Waals surface area contributed by atoms with Crippen molar-refractivity contribution in [1.82, 2.24) is 24.5 Å². The number of aryl methyl sites for hydroxylation is 1. The molecule has 0 saturated carbocycles. The van der Waals surface area contributed by atoms with Gasteiger partial charge in [-0.05, 0) is 50.6 Å². The first kappa shape index (κ1) is 20.4. The van der Waals surface area contributed by atoms with Gasteiger partial charge in [-0.1, -0.05) is 24.3 Å². The lowest BCUT2D eigenvalue weighted by Crippen LogP contribution is -2.48. The fourth-order valence-corrected chi connectivity index (χ4v) is 4.25. The zero-order chi connectivity index (χ0) is 22.2. The highest BCUT2D eigenvalue weighted by molar-refractivity contribution is 5.94. The van der Waals surface area contributed by atoms with Gasteiger partial charge in [0.05, 0.1) is 17.7 Å². The molecule has 8 nitrogen and oxygen atoms in total. The predicted molar refractivity (Wildman–Crippen MR) is 123 cm³/mol. The van der Waals surface area contributed by atoms with Gasteiger partial charge in [0.25, 0.3) is 5.91 Å². The highest BCUT2D eigenvalue weighted by Crippen LogP contribution is 2.21. The molecule has 1 fully saturated rings. The van der Waals surface area contributed by atoms with E-state index in [9.17, 15) is 4.79 Å². The number of carbonyl (C=O) groups excluding carboxylic acids is 1. The maximum absolute atomic E-state index is 12.9. The Labute approximate surface area is 186 Å². The molecule has 32 heavy (non-hydrogen) atoms. The van der Waals surface area contributed by atoms with Crippen molar-refractivity contribution < 1.29 is 9.53 Å². The molecule has 0 aliphatic carbocycles. The average Bonchev–Trinajstić information content (AvgIpc) is 3.18. The standard InChI is InChI=1S/C24H26N6O2/c1-15-13-29(14-16(2)32-15)23(31)19-10-8-18(9-11-19)12-25-24-27-21-7-5-4-6-20(21)22-26-17(3)28-30(22)24/h4-11,15-16H,12-14H2,1-3H3,(H,25,27). The molecule has 8 heteroatoms. The van der Waals surface area contributed by atoms with Gasteiger partial charge in [-0.2, -0.15) is 4.52 Å². The summed E-state index contributed by atoms with van der Waals surface area (Å²) in [5.41, 5.74) is 3.38. The van der Waals surface area contributed by atoms with Crippen LogP contribution >= 0.6 is 0 Å². The third-order valence-corrected chi connectivity index (χ3v) is 5.64. The Morgan fingerprint density at radius 1 is 1.06 bits per heavy atom. The molecule has 2 atom stereocenters. The van der Waals surface area contributed by atoms with E-state index >= 15 is 0 Å². The van der Waals surface area contributed by atoms with Crippen LogP contribution < -0.4 is 5.32 Å². The molecule has 2 unspecified atom stereocenters. The van der Waals surface area contributed by atoms with E-state index in [-0.39, 0.29) is 18.1 Å². The van der Waals surface area contributed by atoms with E-state index in [1.807, 2.05) is 74.2 Å². The number of anilines is 1. The topological polar surface area (TPSA) is 84.7 Å². The molecule has 1 aliphatic heterocycles. The average molecular weight is 431 g/mol. The number of fused-ring (bicyclic) bond motifs is 3. The smallest absolute Gasteiger partial charge is 0.254 e. The summed E-state index contributed by atoms with van der Waals surface area (Å²) < 4.78 is 7.48. The van der Waals surface area contributed by atoms with Crippen molar-refractivity contribution in [3.05, 3.63) is 65.5 Å². The van der Waals surface area contributed by atoms with Gasteiger partial charge in [0, 0.05) is 30.6 Å². The van der Waals surface area contributed by atoms with E-state index < -0.39 is 0 Å². The fraction of sp³-hybridized carbons (Fsp3) is 0.333. The van der Waals surface area contributed by atoms with E-state index in [1.54, 1.807) is 4.52 Å². The number of benzene rings is 2. The summed E-state index contributed by atoms with van der Waals surface area (Å²) >= 11 is 0. The summed E-state index contributed by atoms with van der Waals surface area (Å²) in [4.78, 5) is 24.0. The second-order valence-electron chi connectivity index (χ2n) is 8.36. The molecule has 0 bridgehead atoms. The molecule has 1 saturated heterocycles. The molecular weight excluding hydrogens is 404 g/mol.